The summed E-state index contributed by atoms with van der Waals surface area (Å²) in [5.74, 6) is 0.332. The molecule has 2 rings (SSSR count). The van der Waals surface area contributed by atoms with Gasteiger partial charge in [-0.15, -0.1) is 0 Å². The Morgan fingerprint density at radius 1 is 1.36 bits per heavy atom. The van der Waals surface area contributed by atoms with Crippen LogP contribution in [0.15, 0.2) is 12.3 Å². The molecule has 1 aromatic heterocycles. The molecule has 5 nitrogen and oxygen atoms in total. The van der Waals surface area contributed by atoms with Crippen molar-refractivity contribution in [1.82, 2.24) is 15.2 Å². The molecule has 1 aromatic rings. The van der Waals surface area contributed by atoms with Crippen LogP contribution in [0.4, 0.5) is 19.0 Å². The van der Waals surface area contributed by atoms with E-state index in [2.05, 4.69) is 10.3 Å². The van der Waals surface area contributed by atoms with Gasteiger partial charge in [0.2, 0.25) is 5.91 Å². The lowest BCUT2D eigenvalue weighted by Crippen LogP contribution is -2.54. The summed E-state index contributed by atoms with van der Waals surface area (Å²) in [6.45, 7) is 6.80. The van der Waals surface area contributed by atoms with Gasteiger partial charge in [0.05, 0.1) is 16.6 Å². The van der Waals surface area contributed by atoms with Crippen molar-refractivity contribution in [2.75, 3.05) is 37.6 Å². The highest BCUT2D eigenvalue weighted by Crippen LogP contribution is 2.33. The van der Waals surface area contributed by atoms with Crippen molar-refractivity contribution < 1.29 is 18.0 Å². The predicted octanol–water partition coefficient (Wildman–Crippen LogP) is 2.79. The number of rotatable bonds is 5. The zero-order chi connectivity index (χ0) is 18.6. The van der Waals surface area contributed by atoms with Crippen molar-refractivity contribution in [3.05, 3.63) is 22.8 Å². The largest absolute Gasteiger partial charge is 0.417 e. The first-order valence-electron chi connectivity index (χ1n) is 8.23. The van der Waals surface area contributed by atoms with Crippen LogP contribution in [0.25, 0.3) is 0 Å². The van der Waals surface area contributed by atoms with Crippen LogP contribution in [0.2, 0.25) is 5.02 Å². The molecule has 2 heterocycles. The van der Waals surface area contributed by atoms with Gasteiger partial charge in [-0.2, -0.15) is 13.2 Å². The van der Waals surface area contributed by atoms with Crippen molar-refractivity contribution in [2.45, 2.75) is 32.5 Å². The fourth-order valence-corrected chi connectivity index (χ4v) is 2.99. The predicted molar refractivity (Wildman–Crippen MR) is 90.8 cm³/mol. The monoisotopic (exact) mass is 378 g/mol. The molecular formula is C16H22ClF3N4O. The zero-order valence-corrected chi connectivity index (χ0v) is 15.0. The Labute approximate surface area is 150 Å². The number of hydrogen-bond acceptors (Lipinski definition) is 4. The first kappa shape index (κ1) is 19.8. The van der Waals surface area contributed by atoms with Crippen molar-refractivity contribution >= 4 is 23.3 Å². The summed E-state index contributed by atoms with van der Waals surface area (Å²) in [6, 6.07) is 0.654. The molecular weight excluding hydrogens is 357 g/mol. The van der Waals surface area contributed by atoms with Gasteiger partial charge < -0.3 is 10.2 Å². The molecule has 140 valence electrons. The topological polar surface area (TPSA) is 48.5 Å². The van der Waals surface area contributed by atoms with Gasteiger partial charge in [0.15, 0.2) is 0 Å². The molecule has 1 N–H and O–H groups in total. The molecule has 9 heteroatoms. The molecule has 0 bridgehead atoms. The highest BCUT2D eigenvalue weighted by Gasteiger charge is 2.32. The lowest BCUT2D eigenvalue weighted by Gasteiger charge is -2.38. The molecule has 0 aromatic carbocycles. The number of hydrogen-bond donors (Lipinski definition) is 1. The number of carbonyl (C=O) groups excluding carboxylic acids is 1. The third-order valence-corrected chi connectivity index (χ3v) is 4.52. The molecule has 0 spiro atoms. The number of aromatic nitrogens is 1. The van der Waals surface area contributed by atoms with E-state index in [1.54, 1.807) is 0 Å². The maximum absolute atomic E-state index is 12.7. The van der Waals surface area contributed by atoms with Crippen LogP contribution in [0, 0.1) is 0 Å². The van der Waals surface area contributed by atoms with Crippen LogP contribution >= 0.6 is 11.6 Å². The van der Waals surface area contributed by atoms with Gasteiger partial charge in [-0.05, 0) is 19.4 Å². The Morgan fingerprint density at radius 3 is 2.52 bits per heavy atom. The van der Waals surface area contributed by atoms with E-state index in [0.29, 0.717) is 38.5 Å². The Bertz CT molecular complexity index is 604. The van der Waals surface area contributed by atoms with E-state index in [1.165, 1.54) is 0 Å². The van der Waals surface area contributed by atoms with Crippen LogP contribution in [0.3, 0.4) is 0 Å². The van der Waals surface area contributed by atoms with Gasteiger partial charge in [0.1, 0.15) is 5.82 Å². The number of carbonyl (C=O) groups is 1. The van der Waals surface area contributed by atoms with Crippen LogP contribution in [-0.4, -0.2) is 54.6 Å². The van der Waals surface area contributed by atoms with Gasteiger partial charge in [0, 0.05) is 38.9 Å². The second-order valence-electron chi connectivity index (χ2n) is 6.02. The van der Waals surface area contributed by atoms with E-state index in [-0.39, 0.29) is 17.0 Å². The molecule has 0 radical (unpaired) electrons. The SMILES string of the molecule is CCCNC(=O)C(C)N1CCN(c2ncc(C(F)(F)F)cc2Cl)CC1. The molecule has 1 saturated heterocycles. The number of pyridine rings is 1. The summed E-state index contributed by atoms with van der Waals surface area (Å²) in [5.41, 5.74) is -0.860. The first-order valence-corrected chi connectivity index (χ1v) is 8.61. The molecule has 25 heavy (non-hydrogen) atoms. The minimum Gasteiger partial charge on any atom is -0.355 e. The smallest absolute Gasteiger partial charge is 0.355 e. The number of amides is 1. The van der Waals surface area contributed by atoms with Gasteiger partial charge in [-0.25, -0.2) is 4.98 Å². The summed E-state index contributed by atoms with van der Waals surface area (Å²) in [6.07, 6.45) is -2.78. The van der Waals surface area contributed by atoms with E-state index in [1.807, 2.05) is 23.6 Å². The molecule has 1 aliphatic rings. The number of nitrogens with one attached hydrogen (secondary N) is 1. The van der Waals surface area contributed by atoms with Gasteiger partial charge in [-0.1, -0.05) is 18.5 Å². The minimum absolute atomic E-state index is 0.0130. The molecule has 1 fully saturated rings. The van der Waals surface area contributed by atoms with Crippen molar-refractivity contribution in [2.24, 2.45) is 0 Å². The second kappa shape index (κ2) is 8.23. The van der Waals surface area contributed by atoms with Crippen molar-refractivity contribution in [3.63, 3.8) is 0 Å². The average Bonchev–Trinajstić information content (AvgIpc) is 2.58. The Balaban J connectivity index is 1.97. The van der Waals surface area contributed by atoms with Crippen molar-refractivity contribution in [1.29, 1.82) is 0 Å². The number of alkyl halides is 3. The molecule has 1 unspecified atom stereocenters. The van der Waals surface area contributed by atoms with E-state index < -0.39 is 11.7 Å². The minimum atomic E-state index is -4.46. The summed E-state index contributed by atoms with van der Waals surface area (Å²) in [7, 11) is 0. The Morgan fingerprint density at radius 2 is 2.00 bits per heavy atom. The molecule has 0 saturated carbocycles. The third-order valence-electron chi connectivity index (χ3n) is 4.24. The van der Waals surface area contributed by atoms with Gasteiger partial charge in [0.25, 0.3) is 0 Å². The van der Waals surface area contributed by atoms with Crippen LogP contribution in [-0.2, 0) is 11.0 Å². The summed E-state index contributed by atoms with van der Waals surface area (Å²) >= 11 is 5.99. The van der Waals surface area contributed by atoms with E-state index in [0.717, 1.165) is 18.7 Å². The normalized spacial score (nSPS) is 17.4. The van der Waals surface area contributed by atoms with Crippen LogP contribution in [0.1, 0.15) is 25.8 Å². The van der Waals surface area contributed by atoms with Crippen LogP contribution in [0.5, 0.6) is 0 Å². The molecule has 1 atom stereocenters. The lowest BCUT2D eigenvalue weighted by molar-refractivity contribution is -0.137. The number of anilines is 1. The first-order chi connectivity index (χ1) is 11.7. The second-order valence-corrected chi connectivity index (χ2v) is 6.42. The Hall–Kier alpha value is -1.54. The average molecular weight is 379 g/mol. The standard InChI is InChI=1S/C16H22ClF3N4O/c1-3-4-21-15(25)11(2)23-5-7-24(8-6-23)14-13(17)9-12(10-22-14)16(18,19)20/h9-11H,3-8H2,1-2H3,(H,21,25). The highest BCUT2D eigenvalue weighted by molar-refractivity contribution is 6.33. The zero-order valence-electron chi connectivity index (χ0n) is 14.2. The number of nitrogens with zero attached hydrogens (tertiary/aromatic N) is 3. The molecule has 0 aliphatic carbocycles. The maximum Gasteiger partial charge on any atom is 0.417 e. The van der Waals surface area contributed by atoms with Gasteiger partial charge >= 0.3 is 6.18 Å². The highest BCUT2D eigenvalue weighted by atomic mass is 35.5. The third kappa shape index (κ3) is 4.98. The quantitative estimate of drug-likeness (QED) is 0.856. The summed E-state index contributed by atoms with van der Waals surface area (Å²) < 4.78 is 38.1. The molecule has 1 amide bonds. The molecule has 1 aliphatic heterocycles. The summed E-state index contributed by atoms with van der Waals surface area (Å²) in [5, 5.41) is 2.85. The Kier molecular flexibility index (Phi) is 6.51. The van der Waals surface area contributed by atoms with Gasteiger partial charge in [-0.3, -0.25) is 9.69 Å². The van der Waals surface area contributed by atoms with E-state index >= 15 is 0 Å². The van der Waals surface area contributed by atoms with Crippen LogP contribution < -0.4 is 10.2 Å². The number of piperazine rings is 1. The maximum atomic E-state index is 12.7. The fraction of sp³-hybridized carbons (Fsp3) is 0.625. The number of halogens is 4. The lowest BCUT2D eigenvalue weighted by atomic mass is 10.2. The van der Waals surface area contributed by atoms with E-state index in [9.17, 15) is 18.0 Å². The van der Waals surface area contributed by atoms with E-state index in [4.69, 9.17) is 11.6 Å². The fourth-order valence-electron chi connectivity index (χ4n) is 2.70. The summed E-state index contributed by atoms with van der Waals surface area (Å²) in [4.78, 5) is 19.8. The van der Waals surface area contributed by atoms with Crippen molar-refractivity contribution in [3.8, 4) is 0 Å².